The molecule has 0 heterocycles. The minimum atomic E-state index is -4.39. The number of phosphoric acid groups is 1. The van der Waals surface area contributed by atoms with Crippen LogP contribution in [0, 0.1) is 11.8 Å². The number of allylic oxidation sites excluding steroid dienone is 4. The number of hydrogen-bond donors (Lipinski definition) is 5. The number of ether oxygens (including phenoxy) is 2. The van der Waals surface area contributed by atoms with E-state index in [-0.39, 0.29) is 44.4 Å². The van der Waals surface area contributed by atoms with Crippen LogP contribution in [0.4, 0.5) is 0 Å². The lowest BCUT2D eigenvalue weighted by Crippen LogP contribution is -2.27. The van der Waals surface area contributed by atoms with Crippen molar-refractivity contribution in [2.24, 2.45) is 17.6 Å². The Hall–Kier alpha value is -1.82. The van der Waals surface area contributed by atoms with Crippen molar-refractivity contribution in [2.75, 3.05) is 26.4 Å². The molecule has 11 nitrogen and oxygen atoms in total. The van der Waals surface area contributed by atoms with Gasteiger partial charge in [0.2, 0.25) is 0 Å². The lowest BCUT2D eigenvalue weighted by Gasteiger charge is -2.20. The van der Waals surface area contributed by atoms with Crippen molar-refractivity contribution in [2.45, 2.75) is 167 Å². The second kappa shape index (κ2) is 32.4. The number of rotatable bonds is 34. The predicted molar refractivity (Wildman–Crippen MR) is 212 cm³/mol. The molecule has 0 aliphatic heterocycles. The average Bonchev–Trinajstić information content (AvgIpc) is 3.40. The molecule has 1 aliphatic rings. The van der Waals surface area contributed by atoms with Crippen LogP contribution in [0.3, 0.4) is 0 Å². The van der Waals surface area contributed by atoms with E-state index in [1.54, 1.807) is 30.6 Å². The van der Waals surface area contributed by atoms with Gasteiger partial charge in [0.1, 0.15) is 6.61 Å². The van der Waals surface area contributed by atoms with Gasteiger partial charge in [-0.15, -0.1) is 0 Å². The monoisotopic (exact) mass is 772 g/mol. The van der Waals surface area contributed by atoms with E-state index in [2.05, 4.69) is 26.0 Å². The summed E-state index contributed by atoms with van der Waals surface area (Å²) in [7, 11) is -4.39. The molecule has 1 aliphatic carbocycles. The summed E-state index contributed by atoms with van der Waals surface area (Å²) in [6.07, 6.45) is 32.0. The minimum Gasteiger partial charge on any atom is -0.498 e. The van der Waals surface area contributed by atoms with Crippen molar-refractivity contribution < 1.29 is 48.1 Å². The summed E-state index contributed by atoms with van der Waals surface area (Å²) in [6, 6.07) is 0. The fraction of sp³-hybridized carbons (Fsp3) is 0.780. The molecule has 0 amide bonds. The lowest BCUT2D eigenvalue weighted by atomic mass is 9.89. The zero-order chi connectivity index (χ0) is 39.0. The highest BCUT2D eigenvalue weighted by atomic mass is 31.2. The van der Waals surface area contributed by atoms with E-state index in [0.717, 1.165) is 38.5 Å². The van der Waals surface area contributed by atoms with E-state index in [0.29, 0.717) is 12.8 Å². The first kappa shape index (κ1) is 49.2. The van der Waals surface area contributed by atoms with Gasteiger partial charge in [-0.05, 0) is 63.4 Å². The number of aliphatic hydroxyl groups is 3. The first-order valence-corrected chi connectivity index (χ1v) is 21.9. The van der Waals surface area contributed by atoms with Crippen LogP contribution >= 0.6 is 7.82 Å². The highest BCUT2D eigenvalue weighted by Gasteiger charge is 2.39. The van der Waals surface area contributed by atoms with Crippen LogP contribution in [-0.4, -0.2) is 77.0 Å². The van der Waals surface area contributed by atoms with Crippen molar-refractivity contribution in [3.05, 3.63) is 48.8 Å². The van der Waals surface area contributed by atoms with Gasteiger partial charge in [0.25, 0.3) is 0 Å². The van der Waals surface area contributed by atoms with Gasteiger partial charge in [0.05, 0.1) is 44.2 Å². The predicted octanol–water partition coefficient (Wildman–Crippen LogP) is 8.36. The molecule has 0 spiro atoms. The topological polar surface area (TPSA) is 178 Å². The van der Waals surface area contributed by atoms with Gasteiger partial charge in [-0.25, -0.2) is 4.57 Å². The summed E-state index contributed by atoms with van der Waals surface area (Å²) in [6.45, 7) is 3.72. The second-order valence-corrected chi connectivity index (χ2v) is 15.6. The van der Waals surface area contributed by atoms with E-state index >= 15 is 0 Å². The molecule has 1 fully saturated rings. The maximum atomic E-state index is 12.7. The largest absolute Gasteiger partial charge is 0.498 e. The van der Waals surface area contributed by atoms with Gasteiger partial charge in [-0.3, -0.25) is 13.8 Å². The Morgan fingerprint density at radius 1 is 0.811 bits per heavy atom. The summed E-state index contributed by atoms with van der Waals surface area (Å²) in [5, 5.41) is 31.3. The molecule has 53 heavy (non-hydrogen) atoms. The quantitative estimate of drug-likeness (QED) is 0.0140. The van der Waals surface area contributed by atoms with Crippen molar-refractivity contribution in [3.8, 4) is 0 Å². The Bertz CT molecular complexity index is 1070. The standard InChI is InChI=1S/C41H74NO10P/c1-3-5-7-8-9-10-11-12-13-14-15-16-17-18-19-23-30-49-33-36(34-51-53(47,48)50-31-29-42)52-41(46)26-22-21-25-37-38(40(45)32-39(37)44)28-27-35(43)24-20-6-4-2/h10-11,21-23,27-28,30,35-40,43-45H,3-9,12-20,24-26,29,31-34,42H2,1-2H3,(H,47,48)/b11-10-,22-21-,28-27+,30-23+/t35-,36-,37+,38-,39+,40-/m1/s1. The van der Waals surface area contributed by atoms with E-state index in [9.17, 15) is 29.6 Å². The Morgan fingerprint density at radius 2 is 1.43 bits per heavy atom. The highest BCUT2D eigenvalue weighted by molar-refractivity contribution is 7.47. The molecule has 0 aromatic heterocycles. The van der Waals surface area contributed by atoms with Crippen molar-refractivity contribution in [1.29, 1.82) is 0 Å². The van der Waals surface area contributed by atoms with Crippen LogP contribution in [0.25, 0.3) is 0 Å². The first-order valence-electron chi connectivity index (χ1n) is 20.4. The number of aliphatic hydroxyl groups excluding tert-OH is 3. The van der Waals surface area contributed by atoms with E-state index in [4.69, 9.17) is 24.3 Å². The lowest BCUT2D eigenvalue weighted by molar-refractivity contribution is -0.152. The summed E-state index contributed by atoms with van der Waals surface area (Å²) >= 11 is 0. The molecule has 0 aromatic carbocycles. The van der Waals surface area contributed by atoms with E-state index in [1.165, 1.54) is 64.2 Å². The van der Waals surface area contributed by atoms with Gasteiger partial charge in [0.15, 0.2) is 6.10 Å². The second-order valence-electron chi connectivity index (χ2n) is 14.2. The first-order chi connectivity index (χ1) is 25.6. The molecule has 308 valence electrons. The summed E-state index contributed by atoms with van der Waals surface area (Å²) in [5.74, 6) is -1.15. The number of phosphoric ester groups is 1. The SMILES string of the molecule is CCCCCC/C=C\CCCCCCCC/C=C/OC[C@H](COP(=O)(O)OCCN)OC(=O)C/C=C\C[C@H]1[C@@H](/C=C/[C@H](O)CCCCC)[C@H](O)C[C@@H]1O. The smallest absolute Gasteiger partial charge is 0.472 e. The van der Waals surface area contributed by atoms with Crippen molar-refractivity contribution >= 4 is 13.8 Å². The van der Waals surface area contributed by atoms with Crippen LogP contribution in [0.15, 0.2) is 48.8 Å². The number of esters is 1. The summed E-state index contributed by atoms with van der Waals surface area (Å²) < 4.78 is 33.0. The van der Waals surface area contributed by atoms with Crippen LogP contribution in [0.2, 0.25) is 0 Å². The third-order valence-electron chi connectivity index (χ3n) is 9.39. The molecule has 6 N–H and O–H groups in total. The molecule has 0 saturated heterocycles. The summed E-state index contributed by atoms with van der Waals surface area (Å²) in [4.78, 5) is 22.6. The number of carbonyl (C=O) groups is 1. The van der Waals surface area contributed by atoms with Crippen LogP contribution in [-0.2, 0) is 27.9 Å². The maximum absolute atomic E-state index is 12.7. The molecule has 0 radical (unpaired) electrons. The molecule has 7 atom stereocenters. The van der Waals surface area contributed by atoms with Crippen LogP contribution in [0.1, 0.15) is 142 Å². The number of carbonyl (C=O) groups excluding carboxylic acids is 1. The summed E-state index contributed by atoms with van der Waals surface area (Å²) in [5.41, 5.74) is 5.35. The molecule has 0 aromatic rings. The minimum absolute atomic E-state index is 0.0400. The van der Waals surface area contributed by atoms with E-state index < -0.39 is 44.8 Å². The van der Waals surface area contributed by atoms with Gasteiger partial charge >= 0.3 is 13.8 Å². The van der Waals surface area contributed by atoms with Crippen LogP contribution in [0.5, 0.6) is 0 Å². The third kappa shape index (κ3) is 26.6. The Kier molecular flexibility index (Phi) is 30.1. The molecular formula is C41H74NO10P. The van der Waals surface area contributed by atoms with Crippen molar-refractivity contribution in [3.63, 3.8) is 0 Å². The fourth-order valence-electron chi connectivity index (χ4n) is 6.28. The van der Waals surface area contributed by atoms with Gasteiger partial charge < -0.3 is 35.4 Å². The molecule has 1 saturated carbocycles. The number of unbranched alkanes of at least 4 members (excludes halogenated alkanes) is 13. The number of hydrogen-bond acceptors (Lipinski definition) is 10. The molecule has 1 rings (SSSR count). The third-order valence-corrected chi connectivity index (χ3v) is 10.4. The van der Waals surface area contributed by atoms with Gasteiger partial charge in [-0.1, -0.05) is 115 Å². The van der Waals surface area contributed by atoms with Gasteiger partial charge in [0, 0.05) is 18.9 Å². The van der Waals surface area contributed by atoms with E-state index in [1.807, 2.05) is 6.08 Å². The molecule has 1 unspecified atom stereocenters. The molecular weight excluding hydrogens is 697 g/mol. The molecule has 0 bridgehead atoms. The number of nitrogens with two attached hydrogens (primary N) is 1. The fourth-order valence-corrected chi connectivity index (χ4v) is 7.05. The van der Waals surface area contributed by atoms with Gasteiger partial charge in [-0.2, -0.15) is 0 Å². The average molecular weight is 772 g/mol. The zero-order valence-electron chi connectivity index (χ0n) is 32.8. The Labute approximate surface area is 320 Å². The normalized spacial score (nSPS) is 21.6. The highest BCUT2D eigenvalue weighted by Crippen LogP contribution is 2.43. The van der Waals surface area contributed by atoms with Crippen molar-refractivity contribution in [1.82, 2.24) is 0 Å². The zero-order valence-corrected chi connectivity index (χ0v) is 33.7. The molecule has 12 heteroatoms. The Morgan fingerprint density at radius 3 is 2.09 bits per heavy atom. The van der Waals surface area contributed by atoms with Crippen LogP contribution < -0.4 is 5.73 Å². The Balaban J connectivity index is 2.46. The maximum Gasteiger partial charge on any atom is 0.472 e.